The molecular weight excluding hydrogens is 490 g/mol. The molecule has 1 saturated heterocycles. The fourth-order valence-corrected chi connectivity index (χ4v) is 7.14. The first-order valence-corrected chi connectivity index (χ1v) is 12.4. The van der Waals surface area contributed by atoms with Crippen molar-refractivity contribution in [1.29, 1.82) is 0 Å². The molecule has 2 aliphatic heterocycles. The summed E-state index contributed by atoms with van der Waals surface area (Å²) in [5.74, 6) is -2.43. The Bertz CT molecular complexity index is 1410. The van der Waals surface area contributed by atoms with Crippen molar-refractivity contribution in [3.63, 3.8) is 0 Å². The van der Waals surface area contributed by atoms with Crippen molar-refractivity contribution < 1.29 is 24.2 Å². The number of anilines is 1. The Morgan fingerprint density at radius 2 is 1.89 bits per heavy atom. The normalized spacial score (nSPS) is 20.7. The van der Waals surface area contributed by atoms with Gasteiger partial charge in [0.25, 0.3) is 0 Å². The van der Waals surface area contributed by atoms with Gasteiger partial charge >= 0.3 is 4.87 Å². The minimum absolute atomic E-state index is 0.0660. The first-order chi connectivity index (χ1) is 16.8. The summed E-state index contributed by atoms with van der Waals surface area (Å²) in [5, 5.41) is 15.0. The van der Waals surface area contributed by atoms with Crippen molar-refractivity contribution in [3.8, 4) is 11.5 Å². The van der Waals surface area contributed by atoms with Gasteiger partial charge in [0.2, 0.25) is 17.7 Å². The van der Waals surface area contributed by atoms with E-state index in [2.05, 4.69) is 10.6 Å². The van der Waals surface area contributed by atoms with Gasteiger partial charge in [-0.25, -0.2) is 0 Å². The molecule has 2 aromatic carbocycles. The first kappa shape index (κ1) is 23.2. The third-order valence-electron chi connectivity index (χ3n) is 6.09. The number of imide groups is 1. The van der Waals surface area contributed by atoms with Crippen molar-refractivity contribution in [2.45, 2.75) is 29.7 Å². The van der Waals surface area contributed by atoms with Crippen molar-refractivity contribution in [2.75, 3.05) is 12.4 Å². The Balaban J connectivity index is 1.55. The molecule has 3 heterocycles. The molecule has 1 fully saturated rings. The molecule has 0 spiro atoms. The fraction of sp³-hybridized carbons (Fsp3) is 0.250. The van der Waals surface area contributed by atoms with Crippen LogP contribution in [0.2, 0.25) is 0 Å². The summed E-state index contributed by atoms with van der Waals surface area (Å²) in [7, 11) is 1.41. The van der Waals surface area contributed by atoms with Gasteiger partial charge in [-0.15, -0.1) is 0 Å². The minimum Gasteiger partial charge on any atom is -0.504 e. The van der Waals surface area contributed by atoms with Crippen molar-refractivity contribution >= 4 is 46.5 Å². The number of aromatic nitrogens is 1. The highest BCUT2D eigenvalue weighted by molar-refractivity contribution is 8.00. The number of hydrogen-bond acceptors (Lipinski definition) is 8. The largest absolute Gasteiger partial charge is 0.504 e. The number of benzene rings is 2. The lowest BCUT2D eigenvalue weighted by molar-refractivity contribution is -0.126. The molecule has 0 aliphatic carbocycles. The van der Waals surface area contributed by atoms with Crippen molar-refractivity contribution in [1.82, 2.24) is 9.88 Å². The maximum absolute atomic E-state index is 13.0. The standard InChI is InChI=1S/C24H21N3O6S2/c1-11-3-6-13(7-4-11)25-16(29)10-27-23-20(35-24(27)32)17(12-5-8-14(28)15(9-12)33-2)18-19(34-23)22(31)26-21(18)30/h3-9,17-19,28H,10H2,1-2H3,(H,25,29)(H,26,30,31). The van der Waals surface area contributed by atoms with E-state index in [1.807, 2.05) is 19.1 Å². The average Bonchev–Trinajstić information content (AvgIpc) is 3.29. The molecule has 3 unspecified atom stereocenters. The molecule has 0 bridgehead atoms. The molecule has 3 aromatic rings. The highest BCUT2D eigenvalue weighted by Crippen LogP contribution is 2.52. The number of hydrogen-bond donors (Lipinski definition) is 3. The number of thiazole rings is 1. The lowest BCUT2D eigenvalue weighted by Crippen LogP contribution is -2.32. The lowest BCUT2D eigenvalue weighted by atomic mass is 9.83. The maximum atomic E-state index is 13.0. The van der Waals surface area contributed by atoms with E-state index in [4.69, 9.17) is 4.74 Å². The highest BCUT2D eigenvalue weighted by Gasteiger charge is 2.53. The molecular formula is C24H21N3O6S2. The number of carbonyl (C=O) groups excluding carboxylic acids is 3. The number of thioether (sulfide) groups is 1. The summed E-state index contributed by atoms with van der Waals surface area (Å²) in [6, 6.07) is 12.0. The number of nitrogens with zero attached hydrogens (tertiary/aromatic N) is 1. The zero-order valence-corrected chi connectivity index (χ0v) is 20.4. The zero-order chi connectivity index (χ0) is 24.9. The van der Waals surface area contributed by atoms with Crippen molar-refractivity contribution in [2.24, 2.45) is 5.92 Å². The summed E-state index contributed by atoms with van der Waals surface area (Å²) in [6.45, 7) is 1.71. The number of aromatic hydroxyl groups is 1. The van der Waals surface area contributed by atoms with Gasteiger partial charge in [0, 0.05) is 16.5 Å². The maximum Gasteiger partial charge on any atom is 0.308 e. The molecule has 9 nitrogen and oxygen atoms in total. The van der Waals surface area contributed by atoms with Crippen LogP contribution in [-0.4, -0.2) is 39.8 Å². The van der Waals surface area contributed by atoms with Crippen LogP contribution in [0.25, 0.3) is 0 Å². The number of ether oxygens (including phenoxy) is 1. The SMILES string of the molecule is COc1cc(C2c3sc(=O)n(CC(=O)Nc4ccc(C)cc4)c3SC3C(=O)NC(=O)C32)ccc1O. The number of phenolic OH excluding ortho intramolecular Hbond substituents is 1. The highest BCUT2D eigenvalue weighted by atomic mass is 32.2. The molecule has 1 aromatic heterocycles. The fourth-order valence-electron chi connectivity index (χ4n) is 4.40. The number of methoxy groups -OCH3 is 1. The summed E-state index contributed by atoms with van der Waals surface area (Å²) >= 11 is 2.08. The summed E-state index contributed by atoms with van der Waals surface area (Å²) in [6.07, 6.45) is 0. The second kappa shape index (κ2) is 8.90. The number of carbonyl (C=O) groups is 3. The van der Waals surface area contributed by atoms with Gasteiger partial charge in [-0.05, 0) is 36.8 Å². The second-order valence-electron chi connectivity index (χ2n) is 8.36. The third kappa shape index (κ3) is 4.10. The molecule has 3 atom stereocenters. The number of rotatable bonds is 5. The topological polar surface area (TPSA) is 127 Å². The van der Waals surface area contributed by atoms with Gasteiger partial charge in [0.05, 0.1) is 18.1 Å². The van der Waals surface area contributed by atoms with E-state index >= 15 is 0 Å². The van der Waals surface area contributed by atoms with Crippen LogP contribution in [0.4, 0.5) is 5.69 Å². The average molecular weight is 512 g/mol. The van der Waals surface area contributed by atoms with Crippen LogP contribution in [-0.2, 0) is 20.9 Å². The van der Waals surface area contributed by atoms with Gasteiger partial charge < -0.3 is 15.2 Å². The van der Waals surface area contributed by atoms with Gasteiger partial charge in [-0.3, -0.25) is 29.1 Å². The lowest BCUT2D eigenvalue weighted by Gasteiger charge is -2.31. The molecule has 0 radical (unpaired) electrons. The van der Waals surface area contributed by atoms with Crippen molar-refractivity contribution in [3.05, 3.63) is 68.1 Å². The summed E-state index contributed by atoms with van der Waals surface area (Å²) in [5.41, 5.74) is 2.29. The molecule has 3 amide bonds. The molecule has 35 heavy (non-hydrogen) atoms. The van der Waals surface area contributed by atoms with E-state index in [0.717, 1.165) is 28.7 Å². The summed E-state index contributed by atoms with van der Waals surface area (Å²) < 4.78 is 6.58. The van der Waals surface area contributed by atoms with E-state index in [0.29, 0.717) is 21.2 Å². The third-order valence-corrected chi connectivity index (χ3v) is 8.70. The van der Waals surface area contributed by atoms with E-state index in [1.54, 1.807) is 24.3 Å². The smallest absolute Gasteiger partial charge is 0.308 e. The molecule has 5 rings (SSSR count). The van der Waals surface area contributed by atoms with Crippen LogP contribution in [0.1, 0.15) is 21.9 Å². The van der Waals surface area contributed by atoms with Crippen LogP contribution in [0.15, 0.2) is 52.3 Å². The Hall–Kier alpha value is -3.57. The number of aryl methyl sites for hydroxylation is 1. The van der Waals surface area contributed by atoms with Crippen LogP contribution in [0, 0.1) is 12.8 Å². The van der Waals surface area contributed by atoms with E-state index in [9.17, 15) is 24.3 Å². The van der Waals surface area contributed by atoms with Crippen LogP contribution >= 0.6 is 23.1 Å². The minimum atomic E-state index is -0.750. The number of nitrogens with one attached hydrogen (secondary N) is 2. The molecule has 2 aliphatic rings. The van der Waals surface area contributed by atoms with E-state index in [-0.39, 0.29) is 28.8 Å². The van der Waals surface area contributed by atoms with Crippen LogP contribution in [0.3, 0.4) is 0 Å². The Labute approximate surface area is 208 Å². The quantitative estimate of drug-likeness (QED) is 0.449. The van der Waals surface area contributed by atoms with E-state index < -0.39 is 28.9 Å². The van der Waals surface area contributed by atoms with Crippen LogP contribution in [0.5, 0.6) is 11.5 Å². The molecule has 3 N–H and O–H groups in total. The first-order valence-electron chi connectivity index (χ1n) is 10.7. The predicted octanol–water partition coefficient (Wildman–Crippen LogP) is 2.45. The van der Waals surface area contributed by atoms with Gasteiger partial charge in [0.15, 0.2) is 11.5 Å². The van der Waals surface area contributed by atoms with E-state index in [1.165, 1.54) is 17.7 Å². The molecule has 180 valence electrons. The van der Waals surface area contributed by atoms with Gasteiger partial charge in [-0.1, -0.05) is 46.9 Å². The number of fused-ring (bicyclic) bond motifs is 2. The zero-order valence-electron chi connectivity index (χ0n) is 18.7. The second-order valence-corrected chi connectivity index (χ2v) is 10.5. The number of phenols is 1. The van der Waals surface area contributed by atoms with Gasteiger partial charge in [-0.2, -0.15) is 0 Å². The molecule has 11 heteroatoms. The Morgan fingerprint density at radius 3 is 2.60 bits per heavy atom. The van der Waals surface area contributed by atoms with Crippen LogP contribution < -0.4 is 20.2 Å². The number of amides is 3. The Kier molecular flexibility index (Phi) is 5.89. The monoisotopic (exact) mass is 511 g/mol. The molecule has 0 saturated carbocycles. The summed E-state index contributed by atoms with van der Waals surface area (Å²) in [4.78, 5) is 51.4. The Morgan fingerprint density at radius 1 is 1.14 bits per heavy atom. The van der Waals surface area contributed by atoms with Gasteiger partial charge in [0.1, 0.15) is 11.8 Å². The predicted molar refractivity (Wildman–Crippen MR) is 131 cm³/mol.